The molecule has 0 aromatic carbocycles. The van der Waals surface area contributed by atoms with Crippen LogP contribution < -0.4 is 0 Å². The van der Waals surface area contributed by atoms with Gasteiger partial charge < -0.3 is 93.7 Å². The molecule has 0 radical (unpaired) electrons. The van der Waals surface area contributed by atoms with Crippen LogP contribution in [0.1, 0.15) is 64.2 Å². The summed E-state index contributed by atoms with van der Waals surface area (Å²) in [7, 11) is 2.91. The van der Waals surface area contributed by atoms with Gasteiger partial charge in [0.1, 0.15) is 80.7 Å². The highest BCUT2D eigenvalue weighted by Crippen LogP contribution is 2.44. The Kier molecular flexibility index (Phi) is 17.7. The van der Waals surface area contributed by atoms with Crippen molar-refractivity contribution in [2.75, 3.05) is 27.4 Å². The first-order valence-corrected chi connectivity index (χ1v) is 21.7. The third-order valence-corrected chi connectivity index (χ3v) is 13.5. The number of allylic oxidation sites excluding steroid dienone is 1. The lowest BCUT2D eigenvalue weighted by Gasteiger charge is -2.50. The average molecular weight is 910 g/mol. The number of rotatable bonds is 15. The molecule has 0 bridgehead atoms. The minimum absolute atomic E-state index is 0.0112. The molecule has 3 saturated heterocycles. The van der Waals surface area contributed by atoms with Crippen LogP contribution >= 0.6 is 0 Å². The largest absolute Gasteiger partial charge is 0.481 e. The Morgan fingerprint density at radius 2 is 1.17 bits per heavy atom. The van der Waals surface area contributed by atoms with Crippen LogP contribution in [0.3, 0.4) is 0 Å². The van der Waals surface area contributed by atoms with Crippen molar-refractivity contribution in [3.05, 3.63) is 12.2 Å². The summed E-state index contributed by atoms with van der Waals surface area (Å²) >= 11 is 0. The van der Waals surface area contributed by atoms with Gasteiger partial charge in [0.15, 0.2) is 24.8 Å². The molecule has 3 aliphatic carbocycles. The monoisotopic (exact) mass is 909 g/mol. The number of carboxylic acids is 1. The Balaban J connectivity index is 1.20. The van der Waals surface area contributed by atoms with Gasteiger partial charge in [-0.2, -0.15) is 0 Å². The molecule has 0 aromatic rings. The molecule has 6 aliphatic rings. The van der Waals surface area contributed by atoms with Crippen LogP contribution in [0.2, 0.25) is 0 Å². The summed E-state index contributed by atoms with van der Waals surface area (Å²) in [6, 6.07) is 0. The SMILES string of the molecule is COC1CC(C2[OH+]C3CC(O)CC(O[C@@H]4O[C@H](COC(=O)CC(=O)O)[C@@H](O)[C@H](O)[C@H]4O)C3CC2O[C@@H]2O[C@H](COC(=O)C=CC3CCC(O)CC3)[C@@H](O)[C@H](O)[C@H]2O)CC(OC)C1O. The van der Waals surface area contributed by atoms with E-state index in [0.717, 1.165) is 0 Å². The Hall–Kier alpha value is -2.49. The molecule has 63 heavy (non-hydrogen) atoms. The van der Waals surface area contributed by atoms with Gasteiger partial charge in [0.2, 0.25) is 0 Å². The molecule has 6 rings (SSSR count). The van der Waals surface area contributed by atoms with Crippen LogP contribution in [0.25, 0.3) is 0 Å². The van der Waals surface area contributed by atoms with Gasteiger partial charge in [0.05, 0.1) is 36.4 Å². The number of carbonyl (C=O) groups is 3. The van der Waals surface area contributed by atoms with E-state index in [4.69, 9.17) is 47.7 Å². The first-order valence-electron chi connectivity index (χ1n) is 21.7. The second kappa shape index (κ2) is 22.3. The number of fused-ring (bicyclic) bond motifs is 1. The second-order valence-corrected chi connectivity index (χ2v) is 17.7. The zero-order valence-electron chi connectivity index (χ0n) is 35.3. The predicted octanol–water partition coefficient (Wildman–Crippen LogP) is -3.72. The number of esters is 2. The van der Waals surface area contributed by atoms with Crippen LogP contribution in [-0.4, -0.2) is 217 Å². The predicted molar refractivity (Wildman–Crippen MR) is 208 cm³/mol. The Morgan fingerprint density at radius 3 is 1.73 bits per heavy atom. The number of aliphatic hydroxyl groups excluding tert-OH is 9. The van der Waals surface area contributed by atoms with E-state index in [1.807, 2.05) is 0 Å². The fourth-order valence-corrected chi connectivity index (χ4v) is 9.87. The molecule has 6 fully saturated rings. The van der Waals surface area contributed by atoms with Crippen molar-refractivity contribution in [2.45, 2.75) is 181 Å². The van der Waals surface area contributed by atoms with Crippen LogP contribution in [0.4, 0.5) is 0 Å². The average Bonchev–Trinajstić information content (AvgIpc) is 3.25. The third-order valence-electron chi connectivity index (χ3n) is 13.5. The zero-order chi connectivity index (χ0) is 45.7. The van der Waals surface area contributed by atoms with Crippen molar-refractivity contribution in [1.29, 1.82) is 0 Å². The molecule has 3 heterocycles. The number of methoxy groups -OCH3 is 2. The van der Waals surface area contributed by atoms with Crippen LogP contribution in [-0.2, 0) is 52.3 Å². The molecule has 18 atom stereocenters. The number of ether oxygens (including phenoxy) is 9. The van der Waals surface area contributed by atoms with Gasteiger partial charge in [0.25, 0.3) is 0 Å². The smallest absolute Gasteiger partial charge is 0.330 e. The number of hydrogen-bond donors (Lipinski definition) is 10. The highest BCUT2D eigenvalue weighted by Gasteiger charge is 2.57. The summed E-state index contributed by atoms with van der Waals surface area (Å²) in [5, 5.41) is 106. The number of hydrogen-bond acceptors (Lipinski definition) is 20. The number of aliphatic hydroxyl groups is 11. The van der Waals surface area contributed by atoms with Gasteiger partial charge in [-0.25, -0.2) is 4.79 Å². The van der Waals surface area contributed by atoms with Gasteiger partial charge in [0, 0.05) is 39.1 Å². The van der Waals surface area contributed by atoms with E-state index < -0.39 is 154 Å². The van der Waals surface area contributed by atoms with Crippen molar-refractivity contribution in [2.24, 2.45) is 17.8 Å². The van der Waals surface area contributed by atoms with Crippen LogP contribution in [0.15, 0.2) is 12.2 Å². The third kappa shape index (κ3) is 12.3. The summed E-state index contributed by atoms with van der Waals surface area (Å²) in [4.78, 5) is 35.5. The molecule has 0 spiro atoms. The molecule has 0 aromatic heterocycles. The number of carboxylic acid groups (broad SMARTS) is 1. The summed E-state index contributed by atoms with van der Waals surface area (Å²) in [5.74, 6) is -4.19. The van der Waals surface area contributed by atoms with E-state index >= 15 is 0 Å². The van der Waals surface area contributed by atoms with E-state index in [1.165, 1.54) is 20.3 Å². The Morgan fingerprint density at radius 1 is 0.619 bits per heavy atom. The Labute approximate surface area is 363 Å². The lowest BCUT2D eigenvalue weighted by Crippen LogP contribution is -2.64. The van der Waals surface area contributed by atoms with E-state index in [-0.39, 0.29) is 37.2 Å². The molecule has 3 aliphatic heterocycles. The standard InChI is InChI=1S/C41H64O22/c1-55-24-9-18(10-25(56-2)32(24)48)39-26(61-41-38(54)36(52)33(49)27(63-41)15-57-30(46)8-5-17-3-6-19(42)7-4-17)13-21-22(59-39)11-20(43)12-23(21)60-40-37(53)35(51)34(50)28(62-40)16-58-31(47)14-29(44)45/h5,8,17-28,32-43,48-54H,3-4,6-7,9-16H2,1-2H3,(H,44,45)/p+1/t17?,18?,19?,20?,21?,22?,23?,24?,25?,26?,27-,28-,32?,33-,34-,35+,36+,37-,38-,39?,40-,41-/m1/s1. The molecule has 3 saturated carbocycles. The van der Waals surface area contributed by atoms with E-state index in [1.54, 1.807) is 6.08 Å². The fourth-order valence-electron chi connectivity index (χ4n) is 9.87. The number of aliphatic carboxylic acids is 1. The molecule has 22 nitrogen and oxygen atoms in total. The molecule has 22 heteroatoms. The van der Waals surface area contributed by atoms with E-state index in [9.17, 15) is 60.3 Å². The van der Waals surface area contributed by atoms with Gasteiger partial charge in [-0.15, -0.1) is 0 Å². The zero-order valence-corrected chi connectivity index (χ0v) is 35.3. The summed E-state index contributed by atoms with van der Waals surface area (Å²) in [6.45, 7) is -1.19. The normalized spacial score (nSPS) is 45.9. The Bertz CT molecular complexity index is 1510. The molecule has 360 valence electrons. The lowest BCUT2D eigenvalue weighted by atomic mass is 9.72. The fraction of sp³-hybridized carbons (Fsp3) is 0.878. The van der Waals surface area contributed by atoms with E-state index in [0.29, 0.717) is 38.5 Å². The van der Waals surface area contributed by atoms with E-state index in [2.05, 4.69) is 0 Å². The molecular weight excluding hydrogens is 844 g/mol. The highest BCUT2D eigenvalue weighted by atomic mass is 16.7. The maximum absolute atomic E-state index is 12.7. The van der Waals surface area contributed by atoms with Gasteiger partial charge >= 0.3 is 17.9 Å². The molecular formula is C41H65O22+. The van der Waals surface area contributed by atoms with Crippen molar-refractivity contribution in [1.82, 2.24) is 0 Å². The van der Waals surface area contributed by atoms with Gasteiger partial charge in [-0.05, 0) is 50.9 Å². The van der Waals surface area contributed by atoms with Crippen molar-refractivity contribution >= 4 is 17.9 Å². The van der Waals surface area contributed by atoms with Crippen molar-refractivity contribution in [3.8, 4) is 0 Å². The van der Waals surface area contributed by atoms with Crippen molar-refractivity contribution in [3.63, 3.8) is 0 Å². The summed E-state index contributed by atoms with van der Waals surface area (Å²) in [5.41, 5.74) is 0. The van der Waals surface area contributed by atoms with Crippen molar-refractivity contribution < 1.29 is 108 Å². The first-order chi connectivity index (χ1) is 30.0. The van der Waals surface area contributed by atoms with Crippen LogP contribution in [0, 0.1) is 17.8 Å². The van der Waals surface area contributed by atoms with Crippen LogP contribution in [0.5, 0.6) is 0 Å². The quantitative estimate of drug-likeness (QED) is 0.0327. The summed E-state index contributed by atoms with van der Waals surface area (Å²) in [6.07, 6.45) is -18.1. The molecule has 8 unspecified atom stereocenters. The summed E-state index contributed by atoms with van der Waals surface area (Å²) < 4.78 is 51.2. The number of carbonyl (C=O) groups excluding carboxylic acids is 2. The van der Waals surface area contributed by atoms with Gasteiger partial charge in [-0.3, -0.25) is 9.59 Å². The minimum atomic E-state index is -1.85. The highest BCUT2D eigenvalue weighted by molar-refractivity contribution is 5.90. The maximum Gasteiger partial charge on any atom is 0.330 e. The molecule has 0 amide bonds. The minimum Gasteiger partial charge on any atom is -0.481 e. The second-order valence-electron chi connectivity index (χ2n) is 17.7. The topological polar surface area (TPSA) is 340 Å². The lowest BCUT2D eigenvalue weighted by molar-refractivity contribution is -0.368. The van der Waals surface area contributed by atoms with Gasteiger partial charge in [-0.1, -0.05) is 6.08 Å². The molecule has 11 N–H and O–H groups in total. The first kappa shape index (κ1) is 49.9. The maximum atomic E-state index is 12.7.